The fourth-order valence-electron chi connectivity index (χ4n) is 2.12. The van der Waals surface area contributed by atoms with Gasteiger partial charge in [-0.15, -0.1) is 0 Å². The Balaban J connectivity index is 2.28. The fraction of sp³-hybridized carbons (Fsp3) is 0.750. The highest BCUT2D eigenvalue weighted by Crippen LogP contribution is 2.29. The van der Waals surface area contributed by atoms with Crippen LogP contribution in [0.4, 0.5) is 4.79 Å². The highest BCUT2D eigenvalue weighted by molar-refractivity contribution is 5.84. The van der Waals surface area contributed by atoms with E-state index in [1.54, 1.807) is 11.9 Å². The molecular formula is C12H21N3O5. The first-order valence-corrected chi connectivity index (χ1v) is 6.43. The second-order valence-corrected chi connectivity index (χ2v) is 4.99. The summed E-state index contributed by atoms with van der Waals surface area (Å²) in [4.78, 5) is 35.4. The van der Waals surface area contributed by atoms with Crippen molar-refractivity contribution in [3.63, 3.8) is 0 Å². The number of aliphatic carboxylic acids is 1. The number of carbonyl (C=O) groups excluding carboxylic acids is 2. The van der Waals surface area contributed by atoms with Crippen LogP contribution in [0.3, 0.4) is 0 Å². The highest BCUT2D eigenvalue weighted by atomic mass is 16.5. The predicted octanol–water partition coefficient (Wildman–Crippen LogP) is -0.745. The number of carboxylic acid groups (broad SMARTS) is 1. The third-order valence-electron chi connectivity index (χ3n) is 3.28. The number of nitrogens with one attached hydrogen (secondary N) is 2. The van der Waals surface area contributed by atoms with Crippen molar-refractivity contribution in [2.75, 3.05) is 39.9 Å². The average Bonchev–Trinajstić information content (AvgIpc) is 2.81. The van der Waals surface area contributed by atoms with Gasteiger partial charge >= 0.3 is 12.0 Å². The average molecular weight is 287 g/mol. The largest absolute Gasteiger partial charge is 0.480 e. The Bertz CT molecular complexity index is 387. The number of rotatable bonds is 6. The van der Waals surface area contributed by atoms with Crippen molar-refractivity contribution >= 4 is 17.9 Å². The molecule has 1 aliphatic rings. The molecule has 0 spiro atoms. The van der Waals surface area contributed by atoms with Crippen LogP contribution in [-0.4, -0.2) is 67.8 Å². The van der Waals surface area contributed by atoms with Gasteiger partial charge in [-0.25, -0.2) is 9.59 Å². The monoisotopic (exact) mass is 287 g/mol. The van der Waals surface area contributed by atoms with E-state index < -0.39 is 11.4 Å². The van der Waals surface area contributed by atoms with Crippen LogP contribution in [0.1, 0.15) is 13.3 Å². The van der Waals surface area contributed by atoms with Gasteiger partial charge < -0.3 is 25.4 Å². The van der Waals surface area contributed by atoms with E-state index in [1.165, 1.54) is 0 Å². The minimum Gasteiger partial charge on any atom is -0.480 e. The number of hydrogen-bond acceptors (Lipinski definition) is 4. The Morgan fingerprint density at radius 2 is 2.10 bits per heavy atom. The third kappa shape index (κ3) is 4.37. The molecule has 0 radical (unpaired) electrons. The lowest BCUT2D eigenvalue weighted by atomic mass is 9.89. The molecule has 0 aromatic heterocycles. The van der Waals surface area contributed by atoms with Gasteiger partial charge in [0.15, 0.2) is 0 Å². The van der Waals surface area contributed by atoms with Crippen molar-refractivity contribution in [3.8, 4) is 0 Å². The van der Waals surface area contributed by atoms with Crippen LogP contribution < -0.4 is 10.6 Å². The predicted molar refractivity (Wildman–Crippen MR) is 70.2 cm³/mol. The first kappa shape index (κ1) is 16.2. The van der Waals surface area contributed by atoms with E-state index in [1.807, 2.05) is 6.92 Å². The summed E-state index contributed by atoms with van der Waals surface area (Å²) in [5.41, 5.74) is -0.550. The molecule has 0 aliphatic carbocycles. The first-order chi connectivity index (χ1) is 9.39. The Labute approximate surface area is 117 Å². The Hall–Kier alpha value is -1.83. The maximum absolute atomic E-state index is 11.9. The van der Waals surface area contributed by atoms with E-state index in [4.69, 9.17) is 9.84 Å². The summed E-state index contributed by atoms with van der Waals surface area (Å²) < 4.78 is 4.81. The quantitative estimate of drug-likeness (QED) is 0.557. The van der Waals surface area contributed by atoms with E-state index in [9.17, 15) is 14.4 Å². The summed E-state index contributed by atoms with van der Waals surface area (Å²) in [6, 6.07) is -0.267. The number of carboxylic acids is 1. The molecular weight excluding hydrogens is 266 g/mol. The molecule has 1 rings (SSSR count). The molecule has 1 saturated heterocycles. The van der Waals surface area contributed by atoms with E-state index in [0.29, 0.717) is 19.5 Å². The standard InChI is InChI=1S/C12H21N3O5/c1-12(10(18)13-2)3-5-15(8-12)11(19)14-4-6-20-7-9(16)17/h3-8H2,1-2H3,(H,13,18)(H,14,19)(H,16,17). The van der Waals surface area contributed by atoms with Crippen LogP contribution in [0, 0.1) is 5.41 Å². The van der Waals surface area contributed by atoms with Gasteiger partial charge in [0.25, 0.3) is 0 Å². The van der Waals surface area contributed by atoms with E-state index in [2.05, 4.69) is 10.6 Å². The van der Waals surface area contributed by atoms with Crippen molar-refractivity contribution < 1.29 is 24.2 Å². The molecule has 3 N–H and O–H groups in total. The van der Waals surface area contributed by atoms with Gasteiger partial charge in [0.2, 0.25) is 5.91 Å². The molecule has 114 valence electrons. The van der Waals surface area contributed by atoms with Gasteiger partial charge in [-0.3, -0.25) is 4.79 Å². The summed E-state index contributed by atoms with van der Waals surface area (Å²) in [7, 11) is 1.58. The van der Waals surface area contributed by atoms with Gasteiger partial charge in [0.1, 0.15) is 6.61 Å². The number of hydrogen-bond donors (Lipinski definition) is 3. The van der Waals surface area contributed by atoms with Crippen molar-refractivity contribution in [3.05, 3.63) is 0 Å². The highest BCUT2D eigenvalue weighted by Gasteiger charge is 2.41. The number of urea groups is 1. The minimum absolute atomic E-state index is 0.0717. The zero-order valence-corrected chi connectivity index (χ0v) is 11.8. The maximum atomic E-state index is 11.9. The lowest BCUT2D eigenvalue weighted by Crippen LogP contribution is -2.44. The molecule has 0 aromatic rings. The van der Waals surface area contributed by atoms with Gasteiger partial charge in [-0.05, 0) is 13.3 Å². The molecule has 8 nitrogen and oxygen atoms in total. The second-order valence-electron chi connectivity index (χ2n) is 4.99. The van der Waals surface area contributed by atoms with Crippen LogP contribution in [0.5, 0.6) is 0 Å². The lowest BCUT2D eigenvalue weighted by Gasteiger charge is -2.22. The second kappa shape index (κ2) is 7.09. The zero-order valence-electron chi connectivity index (χ0n) is 11.8. The van der Waals surface area contributed by atoms with E-state index in [0.717, 1.165) is 0 Å². The minimum atomic E-state index is -1.04. The first-order valence-electron chi connectivity index (χ1n) is 6.43. The molecule has 8 heteroatoms. The van der Waals surface area contributed by atoms with E-state index in [-0.39, 0.29) is 31.7 Å². The molecule has 1 unspecified atom stereocenters. The van der Waals surface area contributed by atoms with E-state index >= 15 is 0 Å². The molecule has 20 heavy (non-hydrogen) atoms. The summed E-state index contributed by atoms with van der Waals surface area (Å²) in [6.45, 7) is 2.71. The van der Waals surface area contributed by atoms with Crippen LogP contribution >= 0.6 is 0 Å². The van der Waals surface area contributed by atoms with Crippen LogP contribution in [0.25, 0.3) is 0 Å². The van der Waals surface area contributed by atoms with Crippen molar-refractivity contribution in [2.45, 2.75) is 13.3 Å². The Morgan fingerprint density at radius 1 is 1.40 bits per heavy atom. The smallest absolute Gasteiger partial charge is 0.329 e. The van der Waals surface area contributed by atoms with Crippen LogP contribution in [0.2, 0.25) is 0 Å². The van der Waals surface area contributed by atoms with Crippen molar-refractivity contribution in [1.82, 2.24) is 15.5 Å². The van der Waals surface area contributed by atoms with Gasteiger partial charge in [-0.1, -0.05) is 0 Å². The third-order valence-corrected chi connectivity index (χ3v) is 3.28. The Morgan fingerprint density at radius 3 is 2.70 bits per heavy atom. The number of ether oxygens (including phenoxy) is 1. The Kier molecular flexibility index (Phi) is 5.75. The number of amides is 3. The number of nitrogens with zero attached hydrogens (tertiary/aromatic N) is 1. The molecule has 0 saturated carbocycles. The van der Waals surface area contributed by atoms with Gasteiger partial charge in [0, 0.05) is 26.7 Å². The topological polar surface area (TPSA) is 108 Å². The maximum Gasteiger partial charge on any atom is 0.329 e. The summed E-state index contributed by atoms with van der Waals surface area (Å²) in [5, 5.41) is 13.6. The number of carbonyl (C=O) groups is 3. The summed E-state index contributed by atoms with van der Waals surface area (Å²) >= 11 is 0. The van der Waals surface area contributed by atoms with Gasteiger partial charge in [0.05, 0.1) is 12.0 Å². The number of likely N-dealkylation sites (tertiary alicyclic amines) is 1. The molecule has 0 bridgehead atoms. The zero-order chi connectivity index (χ0) is 15.2. The SMILES string of the molecule is CNC(=O)C1(C)CCN(C(=O)NCCOCC(=O)O)C1. The molecule has 1 atom stereocenters. The molecule has 0 aromatic carbocycles. The van der Waals surface area contributed by atoms with Crippen LogP contribution in [-0.2, 0) is 14.3 Å². The van der Waals surface area contributed by atoms with Crippen molar-refractivity contribution in [1.29, 1.82) is 0 Å². The van der Waals surface area contributed by atoms with Gasteiger partial charge in [-0.2, -0.15) is 0 Å². The molecule has 3 amide bonds. The molecule has 1 aliphatic heterocycles. The fourth-order valence-corrected chi connectivity index (χ4v) is 2.12. The summed E-state index contributed by atoms with van der Waals surface area (Å²) in [6.07, 6.45) is 0.621. The summed E-state index contributed by atoms with van der Waals surface area (Å²) in [5.74, 6) is -1.12. The van der Waals surface area contributed by atoms with Crippen LogP contribution in [0.15, 0.2) is 0 Å². The lowest BCUT2D eigenvalue weighted by molar-refractivity contribution is -0.142. The van der Waals surface area contributed by atoms with Crippen molar-refractivity contribution in [2.24, 2.45) is 5.41 Å². The molecule has 1 fully saturated rings. The molecule has 1 heterocycles. The normalized spacial score (nSPS) is 21.6.